The highest BCUT2D eigenvalue weighted by Gasteiger charge is 2.08. The van der Waals surface area contributed by atoms with Crippen molar-refractivity contribution >= 4 is 22.9 Å². The van der Waals surface area contributed by atoms with Gasteiger partial charge in [0.1, 0.15) is 5.82 Å². The molecule has 0 spiro atoms. The summed E-state index contributed by atoms with van der Waals surface area (Å²) < 4.78 is 19.5. The van der Waals surface area contributed by atoms with Crippen molar-refractivity contribution in [3.8, 4) is 0 Å². The molecule has 0 aliphatic carbocycles. The highest BCUT2D eigenvalue weighted by molar-refractivity contribution is 7.98. The molecule has 0 radical (unpaired) electrons. The second-order valence-electron chi connectivity index (χ2n) is 3.99. The first kappa shape index (κ1) is 12.0. The Labute approximate surface area is 112 Å². The molecular formula is C14H10FNO2S. The van der Waals surface area contributed by atoms with Crippen LogP contribution in [0.2, 0.25) is 0 Å². The molecule has 5 heteroatoms. The number of rotatable bonds is 3. The van der Waals surface area contributed by atoms with Crippen molar-refractivity contribution < 1.29 is 8.81 Å². The zero-order valence-electron chi connectivity index (χ0n) is 9.88. The van der Waals surface area contributed by atoms with Crippen LogP contribution in [0.15, 0.2) is 62.6 Å². The molecule has 1 aromatic heterocycles. The average Bonchev–Trinajstić information content (AvgIpc) is 2.74. The third-order valence-electron chi connectivity index (χ3n) is 2.75. The van der Waals surface area contributed by atoms with Gasteiger partial charge < -0.3 is 4.42 Å². The van der Waals surface area contributed by atoms with Gasteiger partial charge in [-0.2, -0.15) is 0 Å². The van der Waals surface area contributed by atoms with E-state index in [9.17, 15) is 9.18 Å². The number of para-hydroxylation sites is 2. The predicted octanol–water partition coefficient (Wildman–Crippen LogP) is 3.48. The van der Waals surface area contributed by atoms with E-state index in [0.717, 1.165) is 10.4 Å². The minimum atomic E-state index is -0.379. The van der Waals surface area contributed by atoms with E-state index in [1.807, 2.05) is 18.2 Å². The largest absolute Gasteiger partial charge is 0.420 e. The van der Waals surface area contributed by atoms with Gasteiger partial charge in [0.2, 0.25) is 0 Å². The van der Waals surface area contributed by atoms with Crippen LogP contribution in [0.1, 0.15) is 0 Å². The number of hydrogen-bond donors (Lipinski definition) is 0. The minimum absolute atomic E-state index is 0.268. The third-order valence-corrected chi connectivity index (χ3v) is 3.74. The van der Waals surface area contributed by atoms with Crippen molar-refractivity contribution in [3.05, 3.63) is 64.9 Å². The van der Waals surface area contributed by atoms with E-state index < -0.39 is 0 Å². The smallest absolute Gasteiger partial charge is 0.408 e. The van der Waals surface area contributed by atoms with Crippen LogP contribution in [-0.4, -0.2) is 4.57 Å². The summed E-state index contributed by atoms with van der Waals surface area (Å²) in [6, 6.07) is 13.5. The minimum Gasteiger partial charge on any atom is -0.408 e. The first-order valence-electron chi connectivity index (χ1n) is 5.71. The van der Waals surface area contributed by atoms with Crippen molar-refractivity contribution in [3.63, 3.8) is 0 Å². The first-order chi connectivity index (χ1) is 9.24. The summed E-state index contributed by atoms with van der Waals surface area (Å²) in [6.45, 7) is 0. The normalized spacial score (nSPS) is 11.0. The lowest BCUT2D eigenvalue weighted by Gasteiger charge is -2.02. The number of benzene rings is 2. The molecule has 1 heterocycles. The number of aromatic nitrogens is 1. The Balaban J connectivity index is 1.87. The van der Waals surface area contributed by atoms with Crippen LogP contribution in [0.3, 0.4) is 0 Å². The van der Waals surface area contributed by atoms with Gasteiger partial charge in [-0.25, -0.2) is 9.18 Å². The van der Waals surface area contributed by atoms with E-state index in [1.54, 1.807) is 22.8 Å². The lowest BCUT2D eigenvalue weighted by molar-refractivity contribution is 0.526. The van der Waals surface area contributed by atoms with Crippen LogP contribution < -0.4 is 5.76 Å². The van der Waals surface area contributed by atoms with Crippen molar-refractivity contribution in [2.24, 2.45) is 0 Å². The van der Waals surface area contributed by atoms with Crippen LogP contribution in [0.5, 0.6) is 0 Å². The van der Waals surface area contributed by atoms with E-state index >= 15 is 0 Å². The number of nitrogens with zero attached hydrogens (tertiary/aromatic N) is 1. The Morgan fingerprint density at radius 3 is 2.63 bits per heavy atom. The van der Waals surface area contributed by atoms with Gasteiger partial charge in [-0.05, 0) is 36.4 Å². The second-order valence-corrected chi connectivity index (χ2v) is 5.01. The van der Waals surface area contributed by atoms with Crippen molar-refractivity contribution in [1.29, 1.82) is 0 Å². The fourth-order valence-electron chi connectivity index (χ4n) is 1.81. The molecule has 0 unspecified atom stereocenters. The van der Waals surface area contributed by atoms with E-state index in [2.05, 4.69) is 0 Å². The van der Waals surface area contributed by atoms with Crippen LogP contribution in [0, 0.1) is 5.82 Å². The highest BCUT2D eigenvalue weighted by Crippen LogP contribution is 2.22. The van der Waals surface area contributed by atoms with Crippen molar-refractivity contribution in [2.45, 2.75) is 10.8 Å². The summed E-state index contributed by atoms with van der Waals surface area (Å²) in [5.41, 5.74) is 1.34. The van der Waals surface area contributed by atoms with E-state index in [4.69, 9.17) is 4.42 Å². The lowest BCUT2D eigenvalue weighted by Crippen LogP contribution is -2.12. The van der Waals surface area contributed by atoms with Crippen molar-refractivity contribution in [1.82, 2.24) is 4.57 Å². The van der Waals surface area contributed by atoms with E-state index in [0.29, 0.717) is 11.5 Å². The Morgan fingerprint density at radius 1 is 1.11 bits per heavy atom. The monoisotopic (exact) mass is 275 g/mol. The van der Waals surface area contributed by atoms with E-state index in [1.165, 1.54) is 23.9 Å². The van der Waals surface area contributed by atoms with Gasteiger partial charge in [0.25, 0.3) is 0 Å². The predicted molar refractivity (Wildman–Crippen MR) is 72.7 cm³/mol. The highest BCUT2D eigenvalue weighted by atomic mass is 32.2. The molecule has 3 aromatic rings. The van der Waals surface area contributed by atoms with Crippen molar-refractivity contribution in [2.75, 3.05) is 0 Å². The molecule has 0 atom stereocenters. The fourth-order valence-corrected chi connectivity index (χ4v) is 2.66. The summed E-state index contributed by atoms with van der Waals surface area (Å²) in [4.78, 5) is 12.6. The lowest BCUT2D eigenvalue weighted by atomic mass is 10.3. The van der Waals surface area contributed by atoms with Crippen LogP contribution in [-0.2, 0) is 5.88 Å². The molecule has 96 valence electrons. The summed E-state index contributed by atoms with van der Waals surface area (Å²) in [6.07, 6.45) is 0. The van der Waals surface area contributed by atoms with Crippen LogP contribution in [0.4, 0.5) is 4.39 Å². The number of oxazole rings is 1. The molecular weight excluding hydrogens is 265 g/mol. The Kier molecular flexibility index (Phi) is 3.13. The molecule has 0 N–H and O–H groups in total. The zero-order chi connectivity index (χ0) is 13.2. The number of hydrogen-bond acceptors (Lipinski definition) is 3. The Bertz CT molecular complexity index is 761. The molecule has 0 amide bonds. The molecule has 0 saturated heterocycles. The number of fused-ring (bicyclic) bond motifs is 1. The molecule has 0 saturated carbocycles. The molecule has 0 aliphatic rings. The second kappa shape index (κ2) is 4.93. The molecule has 2 aromatic carbocycles. The van der Waals surface area contributed by atoms with Gasteiger partial charge in [-0.1, -0.05) is 12.1 Å². The van der Waals surface area contributed by atoms with Gasteiger partial charge >= 0.3 is 5.76 Å². The molecule has 19 heavy (non-hydrogen) atoms. The average molecular weight is 275 g/mol. The topological polar surface area (TPSA) is 35.1 Å². The maximum Gasteiger partial charge on any atom is 0.420 e. The molecule has 3 nitrogen and oxygen atoms in total. The van der Waals surface area contributed by atoms with Gasteiger partial charge in [-0.3, -0.25) is 4.57 Å². The van der Waals surface area contributed by atoms with Gasteiger partial charge in [0.15, 0.2) is 5.58 Å². The number of halogens is 1. The first-order valence-corrected chi connectivity index (χ1v) is 6.69. The summed E-state index contributed by atoms with van der Waals surface area (Å²) >= 11 is 1.45. The standard InChI is InChI=1S/C14H10FNO2S/c15-10-5-7-11(8-6-10)19-9-16-12-3-1-2-4-13(12)18-14(16)17/h1-8H,9H2. The van der Waals surface area contributed by atoms with Crippen LogP contribution >= 0.6 is 11.8 Å². The molecule has 0 bridgehead atoms. The molecule has 0 fully saturated rings. The maximum absolute atomic E-state index is 12.8. The zero-order valence-corrected chi connectivity index (χ0v) is 10.7. The van der Waals surface area contributed by atoms with Gasteiger partial charge in [-0.15, -0.1) is 11.8 Å². The summed E-state index contributed by atoms with van der Waals surface area (Å²) in [7, 11) is 0. The van der Waals surface area contributed by atoms with Crippen LogP contribution in [0.25, 0.3) is 11.1 Å². The number of thioether (sulfide) groups is 1. The SMILES string of the molecule is O=c1oc2ccccc2n1CSc1ccc(F)cc1. The Hall–Kier alpha value is -2.01. The van der Waals surface area contributed by atoms with Gasteiger partial charge in [0.05, 0.1) is 11.4 Å². The molecule has 0 aliphatic heterocycles. The van der Waals surface area contributed by atoms with Gasteiger partial charge in [0, 0.05) is 4.90 Å². The maximum atomic E-state index is 12.8. The Morgan fingerprint density at radius 2 is 1.84 bits per heavy atom. The van der Waals surface area contributed by atoms with E-state index in [-0.39, 0.29) is 11.6 Å². The molecule has 3 rings (SSSR count). The fraction of sp³-hybridized carbons (Fsp3) is 0.0714. The summed E-state index contributed by atoms with van der Waals surface area (Å²) in [5.74, 6) is -0.215. The third kappa shape index (κ3) is 2.42. The summed E-state index contributed by atoms with van der Waals surface area (Å²) in [5, 5.41) is 0. The quantitative estimate of drug-likeness (QED) is 0.686.